The molecule has 0 aromatic carbocycles. The van der Waals surface area contributed by atoms with E-state index in [1.807, 2.05) is 82.2 Å². The number of imidazole rings is 1. The average molecular weight is 441 g/mol. The zero-order valence-electron chi connectivity index (χ0n) is 17.3. The van der Waals surface area contributed by atoms with Crippen LogP contribution in [0.1, 0.15) is 33.1 Å². The number of fused-ring (bicyclic) bond motifs is 1. The molecule has 0 spiro atoms. The van der Waals surface area contributed by atoms with Crippen molar-refractivity contribution in [1.29, 1.82) is 0 Å². The van der Waals surface area contributed by atoms with Crippen LogP contribution in [0, 0.1) is 6.92 Å². The predicted molar refractivity (Wildman–Crippen MR) is 127 cm³/mol. The molecule has 0 bridgehead atoms. The average Bonchev–Trinajstić information content (AvgIpc) is 3.53. The van der Waals surface area contributed by atoms with Crippen LogP contribution in [0.25, 0.3) is 17.8 Å². The van der Waals surface area contributed by atoms with Crippen LogP contribution >= 0.6 is 11.3 Å². The van der Waals surface area contributed by atoms with E-state index in [2.05, 4.69) is 20.3 Å². The van der Waals surface area contributed by atoms with Crippen LogP contribution in [0.5, 0.6) is 0 Å². The summed E-state index contributed by atoms with van der Waals surface area (Å²) in [5, 5.41) is 5.36. The van der Waals surface area contributed by atoms with Crippen molar-refractivity contribution in [2.45, 2.75) is 13.5 Å². The fraction of sp³-hybridized carbons (Fsp3) is 0.0833. The number of hydrogen-bond donors (Lipinski definition) is 1. The number of carbonyl (C=O) groups excluding carboxylic acids is 1. The topological polar surface area (TPSA) is 77.1 Å². The molecule has 1 amide bonds. The van der Waals surface area contributed by atoms with Gasteiger partial charge in [0.1, 0.15) is 11.3 Å². The highest BCUT2D eigenvalue weighted by Gasteiger charge is 2.13. The molecule has 0 aliphatic heterocycles. The lowest BCUT2D eigenvalue weighted by atomic mass is 10.2. The van der Waals surface area contributed by atoms with E-state index in [1.165, 1.54) is 11.3 Å². The second kappa shape index (κ2) is 8.60. The summed E-state index contributed by atoms with van der Waals surface area (Å²) in [4.78, 5) is 25.9. The minimum atomic E-state index is -0.190. The maximum atomic E-state index is 12.8. The van der Waals surface area contributed by atoms with E-state index >= 15 is 0 Å². The Kier molecular flexibility index (Phi) is 5.35. The molecule has 7 nitrogen and oxygen atoms in total. The molecule has 0 atom stereocenters. The molecule has 0 radical (unpaired) electrons. The third-order valence-corrected chi connectivity index (χ3v) is 5.82. The van der Waals surface area contributed by atoms with Gasteiger partial charge >= 0.3 is 0 Å². The van der Waals surface area contributed by atoms with Crippen LogP contribution in [0.3, 0.4) is 0 Å². The standard InChI is InChI=1S/C24H20N6OS/c1-17-4-2-6-22-26-19(15-30(17)22)7-8-20-16-32-24(27-20)28-23(31)21-5-3-13-29(21)14-18-9-11-25-12-10-18/h2-13,15-16H,14H2,1H3,(H,27,28,31). The van der Waals surface area contributed by atoms with Crippen molar-refractivity contribution in [2.75, 3.05) is 5.32 Å². The lowest BCUT2D eigenvalue weighted by Crippen LogP contribution is -2.17. The van der Waals surface area contributed by atoms with Crippen molar-refractivity contribution in [3.63, 3.8) is 0 Å². The van der Waals surface area contributed by atoms with Gasteiger partial charge in [-0.1, -0.05) is 6.07 Å². The molecule has 0 saturated heterocycles. The number of carbonyl (C=O) groups is 1. The molecule has 5 heterocycles. The number of pyridine rings is 2. The largest absolute Gasteiger partial charge is 0.339 e. The summed E-state index contributed by atoms with van der Waals surface area (Å²) < 4.78 is 3.96. The normalized spacial score (nSPS) is 11.4. The minimum Gasteiger partial charge on any atom is -0.339 e. The molecule has 5 aromatic heterocycles. The van der Waals surface area contributed by atoms with E-state index in [0.717, 1.165) is 28.3 Å². The molecule has 158 valence electrons. The van der Waals surface area contributed by atoms with Gasteiger partial charge in [-0.25, -0.2) is 9.97 Å². The monoisotopic (exact) mass is 440 g/mol. The fourth-order valence-corrected chi connectivity index (χ4v) is 4.12. The van der Waals surface area contributed by atoms with Crippen LogP contribution < -0.4 is 5.32 Å². The van der Waals surface area contributed by atoms with Crippen LogP contribution in [0.4, 0.5) is 5.13 Å². The Hall–Kier alpha value is -4.04. The Morgan fingerprint density at radius 1 is 1.06 bits per heavy atom. The summed E-state index contributed by atoms with van der Waals surface area (Å²) in [7, 11) is 0. The summed E-state index contributed by atoms with van der Waals surface area (Å²) >= 11 is 1.39. The molecule has 0 unspecified atom stereocenters. The first-order valence-electron chi connectivity index (χ1n) is 10.1. The number of aryl methyl sites for hydroxylation is 1. The first-order chi connectivity index (χ1) is 15.7. The molecule has 5 rings (SSSR count). The first-order valence-corrected chi connectivity index (χ1v) is 11.0. The second-order valence-electron chi connectivity index (χ2n) is 7.30. The smallest absolute Gasteiger partial charge is 0.274 e. The minimum absolute atomic E-state index is 0.190. The number of nitrogens with zero attached hydrogens (tertiary/aromatic N) is 5. The van der Waals surface area contributed by atoms with Crippen molar-refractivity contribution >= 4 is 40.2 Å². The maximum absolute atomic E-state index is 12.8. The summed E-state index contributed by atoms with van der Waals surface area (Å²) in [5.74, 6) is -0.190. The maximum Gasteiger partial charge on any atom is 0.274 e. The number of rotatable bonds is 6. The highest BCUT2D eigenvalue weighted by Crippen LogP contribution is 2.19. The molecule has 8 heteroatoms. The van der Waals surface area contributed by atoms with Crippen molar-refractivity contribution < 1.29 is 4.79 Å². The Labute approximate surface area is 188 Å². The van der Waals surface area contributed by atoms with Crippen molar-refractivity contribution in [3.8, 4) is 0 Å². The number of nitrogens with one attached hydrogen (secondary N) is 1. The molecule has 0 saturated carbocycles. The van der Waals surface area contributed by atoms with Gasteiger partial charge in [0.15, 0.2) is 5.13 Å². The molecular formula is C24H20N6OS. The van der Waals surface area contributed by atoms with Crippen LogP contribution in [0.2, 0.25) is 0 Å². The Bertz CT molecular complexity index is 1410. The van der Waals surface area contributed by atoms with Crippen LogP contribution in [-0.2, 0) is 6.54 Å². The van der Waals surface area contributed by atoms with Crippen molar-refractivity contribution in [1.82, 2.24) is 23.9 Å². The van der Waals surface area contributed by atoms with Crippen molar-refractivity contribution in [2.24, 2.45) is 0 Å². The van der Waals surface area contributed by atoms with Gasteiger partial charge in [-0.05, 0) is 61.0 Å². The van der Waals surface area contributed by atoms with Gasteiger partial charge in [0.2, 0.25) is 0 Å². The fourth-order valence-electron chi connectivity index (χ4n) is 3.44. The lowest BCUT2D eigenvalue weighted by Gasteiger charge is -2.08. The molecular weight excluding hydrogens is 420 g/mol. The third kappa shape index (κ3) is 4.21. The first kappa shape index (κ1) is 19.9. The van der Waals surface area contributed by atoms with E-state index in [4.69, 9.17) is 0 Å². The van der Waals surface area contributed by atoms with E-state index in [0.29, 0.717) is 17.4 Å². The quantitative estimate of drug-likeness (QED) is 0.413. The second-order valence-corrected chi connectivity index (χ2v) is 8.16. The summed E-state index contributed by atoms with van der Waals surface area (Å²) in [6, 6.07) is 13.6. The summed E-state index contributed by atoms with van der Waals surface area (Å²) in [6.07, 6.45) is 11.2. The number of thiazole rings is 1. The van der Waals surface area contributed by atoms with Gasteiger partial charge in [0, 0.05) is 42.4 Å². The Balaban J connectivity index is 1.27. The zero-order valence-corrected chi connectivity index (χ0v) is 18.2. The number of anilines is 1. The van der Waals surface area contributed by atoms with E-state index in [1.54, 1.807) is 18.5 Å². The molecule has 0 aliphatic carbocycles. The van der Waals surface area contributed by atoms with E-state index < -0.39 is 0 Å². The number of aromatic nitrogens is 5. The highest BCUT2D eigenvalue weighted by molar-refractivity contribution is 7.14. The van der Waals surface area contributed by atoms with E-state index in [9.17, 15) is 4.79 Å². The molecule has 5 aromatic rings. The van der Waals surface area contributed by atoms with Gasteiger partial charge in [-0.15, -0.1) is 11.3 Å². The Morgan fingerprint density at radius 3 is 2.75 bits per heavy atom. The number of hydrogen-bond acceptors (Lipinski definition) is 5. The highest BCUT2D eigenvalue weighted by atomic mass is 32.1. The third-order valence-electron chi connectivity index (χ3n) is 5.05. The molecule has 1 N–H and O–H groups in total. The van der Waals surface area contributed by atoms with Gasteiger partial charge in [-0.2, -0.15) is 0 Å². The molecule has 0 aliphatic rings. The van der Waals surface area contributed by atoms with Gasteiger partial charge in [0.25, 0.3) is 5.91 Å². The van der Waals surface area contributed by atoms with E-state index in [-0.39, 0.29) is 5.91 Å². The van der Waals surface area contributed by atoms with Crippen LogP contribution in [0.15, 0.2) is 72.6 Å². The Morgan fingerprint density at radius 2 is 1.91 bits per heavy atom. The zero-order chi connectivity index (χ0) is 21.9. The predicted octanol–water partition coefficient (Wildman–Crippen LogP) is 4.77. The summed E-state index contributed by atoms with van der Waals surface area (Å²) in [6.45, 7) is 2.65. The summed E-state index contributed by atoms with van der Waals surface area (Å²) in [5.41, 5.74) is 5.31. The van der Waals surface area contributed by atoms with Crippen molar-refractivity contribution in [3.05, 3.63) is 101 Å². The van der Waals surface area contributed by atoms with Crippen LogP contribution in [-0.4, -0.2) is 29.8 Å². The molecule has 0 fully saturated rings. The molecule has 32 heavy (non-hydrogen) atoms. The van der Waals surface area contributed by atoms with Gasteiger partial charge < -0.3 is 8.97 Å². The lowest BCUT2D eigenvalue weighted by molar-refractivity contribution is 0.101. The SMILES string of the molecule is Cc1cccc2nc(C=Cc3csc(NC(=O)c4cccn4Cc4ccncc4)n3)cn12. The van der Waals surface area contributed by atoms with Gasteiger partial charge in [0.05, 0.1) is 11.4 Å². The van der Waals surface area contributed by atoms with Gasteiger partial charge in [-0.3, -0.25) is 15.1 Å². The number of amides is 1.